The molecule has 3 N–H and O–H groups in total. The summed E-state index contributed by atoms with van der Waals surface area (Å²) < 4.78 is 0. The number of unbranched alkanes of at least 4 members (excludes halogenated alkanes) is 28. The highest BCUT2D eigenvalue weighted by Gasteiger charge is 2.17. The van der Waals surface area contributed by atoms with Gasteiger partial charge in [-0.15, -0.1) is 0 Å². The maximum atomic E-state index is 12.4. The third-order valence-corrected chi connectivity index (χ3v) is 11.6. The van der Waals surface area contributed by atoms with Crippen LogP contribution in [0.5, 0.6) is 0 Å². The van der Waals surface area contributed by atoms with Gasteiger partial charge < -0.3 is 15.5 Å². The number of aliphatic hydroxyl groups excluding tert-OH is 2. The largest absolute Gasteiger partial charge is 0.394 e. The van der Waals surface area contributed by atoms with E-state index in [4.69, 9.17) is 0 Å². The molecule has 0 spiro atoms. The number of carbonyl (C=O) groups excluding carboxylic acids is 1. The summed E-state index contributed by atoms with van der Waals surface area (Å²) in [6.07, 6.45) is 75.9. The standard InChI is InChI=1S/C57H101NO3/c1-3-5-7-9-11-13-15-17-19-21-23-25-26-27-28-29-30-31-33-34-36-38-40-42-44-46-48-50-52-56(60)55(54-59)58-57(61)53-51-49-47-45-43-41-39-37-35-32-24-22-20-18-16-14-12-10-8-6-4-2/h6,8,12,14,18,20,24,32,34,36,42,44,50,52,55-56,59-60H,3-5,7,9-11,13,15-17,19,21-23,25-31,33,35,37-41,43,45-49,51,53-54H2,1-2H3,(H,58,61)/b8-6-,14-12-,20-18-,32-24-,36-34+,44-42+,52-50+. The number of hydrogen-bond acceptors (Lipinski definition) is 3. The minimum absolute atomic E-state index is 0.0882. The highest BCUT2D eigenvalue weighted by Crippen LogP contribution is 2.15. The normalized spacial score (nSPS) is 13.6. The van der Waals surface area contributed by atoms with Crippen molar-refractivity contribution >= 4 is 5.91 Å². The second-order valence-electron chi connectivity index (χ2n) is 17.5. The summed E-state index contributed by atoms with van der Waals surface area (Å²) in [4.78, 5) is 12.4. The molecule has 0 aliphatic rings. The van der Waals surface area contributed by atoms with E-state index in [1.807, 2.05) is 6.08 Å². The van der Waals surface area contributed by atoms with Gasteiger partial charge in [0.25, 0.3) is 0 Å². The fourth-order valence-corrected chi connectivity index (χ4v) is 7.61. The molecule has 1 amide bonds. The summed E-state index contributed by atoms with van der Waals surface area (Å²) in [6.45, 7) is 4.19. The molecule has 0 saturated heterocycles. The summed E-state index contributed by atoms with van der Waals surface area (Å²) in [5.74, 6) is -0.0882. The van der Waals surface area contributed by atoms with E-state index in [1.165, 1.54) is 161 Å². The number of hydrogen-bond donors (Lipinski definition) is 3. The van der Waals surface area contributed by atoms with Crippen LogP contribution >= 0.6 is 0 Å². The Balaban J connectivity index is 3.61. The first-order valence-corrected chi connectivity index (χ1v) is 26.3. The third-order valence-electron chi connectivity index (χ3n) is 11.6. The Bertz CT molecular complexity index is 1100. The lowest BCUT2D eigenvalue weighted by Gasteiger charge is -2.19. The molecule has 2 atom stereocenters. The zero-order valence-corrected chi connectivity index (χ0v) is 40.4. The molecule has 4 heteroatoms. The average molecular weight is 848 g/mol. The molecule has 0 rings (SSSR count). The summed E-state index contributed by atoms with van der Waals surface area (Å²) in [7, 11) is 0. The number of allylic oxidation sites excluding steroid dienone is 13. The lowest BCUT2D eigenvalue weighted by atomic mass is 10.0. The summed E-state index contributed by atoms with van der Waals surface area (Å²) in [6, 6.07) is -0.656. The van der Waals surface area contributed by atoms with Gasteiger partial charge in [-0.05, 0) is 83.5 Å². The van der Waals surface area contributed by atoms with Gasteiger partial charge in [0.2, 0.25) is 5.91 Å². The molecule has 0 aliphatic carbocycles. The molecule has 0 bridgehead atoms. The van der Waals surface area contributed by atoms with Gasteiger partial charge in [-0.2, -0.15) is 0 Å². The topological polar surface area (TPSA) is 69.6 Å². The van der Waals surface area contributed by atoms with E-state index in [0.717, 1.165) is 70.6 Å². The van der Waals surface area contributed by atoms with E-state index in [2.05, 4.69) is 92.1 Å². The molecule has 4 nitrogen and oxygen atoms in total. The number of aliphatic hydroxyl groups is 2. The van der Waals surface area contributed by atoms with Crippen molar-refractivity contribution in [3.8, 4) is 0 Å². The quantitative estimate of drug-likeness (QED) is 0.0422. The predicted octanol–water partition coefficient (Wildman–Crippen LogP) is 17.2. The van der Waals surface area contributed by atoms with Crippen LogP contribution in [-0.4, -0.2) is 34.9 Å². The van der Waals surface area contributed by atoms with Crippen LogP contribution in [0.3, 0.4) is 0 Å². The Kier molecular flexibility index (Phi) is 49.8. The molecule has 0 heterocycles. The van der Waals surface area contributed by atoms with Crippen LogP contribution in [0.1, 0.15) is 251 Å². The minimum Gasteiger partial charge on any atom is -0.394 e. The average Bonchev–Trinajstić information content (AvgIpc) is 3.26. The third kappa shape index (κ3) is 48.5. The second kappa shape index (κ2) is 51.9. The van der Waals surface area contributed by atoms with E-state index in [1.54, 1.807) is 6.08 Å². The van der Waals surface area contributed by atoms with Crippen molar-refractivity contribution < 1.29 is 15.0 Å². The van der Waals surface area contributed by atoms with Crippen molar-refractivity contribution in [2.45, 2.75) is 264 Å². The van der Waals surface area contributed by atoms with Crippen molar-refractivity contribution in [1.82, 2.24) is 5.32 Å². The Morgan fingerprint density at radius 1 is 0.410 bits per heavy atom. The lowest BCUT2D eigenvalue weighted by molar-refractivity contribution is -0.123. The van der Waals surface area contributed by atoms with Gasteiger partial charge in [0.15, 0.2) is 0 Å². The zero-order valence-electron chi connectivity index (χ0n) is 40.4. The van der Waals surface area contributed by atoms with E-state index in [-0.39, 0.29) is 12.5 Å². The van der Waals surface area contributed by atoms with Crippen molar-refractivity contribution in [2.75, 3.05) is 6.61 Å². The van der Waals surface area contributed by atoms with Crippen LogP contribution in [-0.2, 0) is 4.79 Å². The van der Waals surface area contributed by atoms with Gasteiger partial charge >= 0.3 is 0 Å². The highest BCUT2D eigenvalue weighted by atomic mass is 16.3. The molecule has 0 aromatic heterocycles. The fourth-order valence-electron chi connectivity index (χ4n) is 7.61. The maximum absolute atomic E-state index is 12.4. The van der Waals surface area contributed by atoms with Gasteiger partial charge in [-0.1, -0.05) is 247 Å². The van der Waals surface area contributed by atoms with Crippen LogP contribution in [0.25, 0.3) is 0 Å². The van der Waals surface area contributed by atoms with Crippen LogP contribution < -0.4 is 5.32 Å². The molecule has 0 aliphatic heterocycles. The second-order valence-corrected chi connectivity index (χ2v) is 17.5. The molecule has 0 radical (unpaired) electrons. The number of carbonyl (C=O) groups is 1. The van der Waals surface area contributed by atoms with Crippen molar-refractivity contribution in [3.63, 3.8) is 0 Å². The highest BCUT2D eigenvalue weighted by molar-refractivity contribution is 5.76. The first-order chi connectivity index (χ1) is 30.2. The Morgan fingerprint density at radius 2 is 0.738 bits per heavy atom. The molecule has 61 heavy (non-hydrogen) atoms. The van der Waals surface area contributed by atoms with Crippen molar-refractivity contribution in [1.29, 1.82) is 0 Å². The molecule has 0 saturated carbocycles. The number of amides is 1. The van der Waals surface area contributed by atoms with E-state index < -0.39 is 12.1 Å². The van der Waals surface area contributed by atoms with E-state index >= 15 is 0 Å². The van der Waals surface area contributed by atoms with E-state index in [0.29, 0.717) is 6.42 Å². The molecule has 0 aromatic carbocycles. The first kappa shape index (κ1) is 58.6. The maximum Gasteiger partial charge on any atom is 0.220 e. The Hall–Kier alpha value is -2.43. The monoisotopic (exact) mass is 848 g/mol. The molecule has 0 fully saturated rings. The zero-order chi connectivity index (χ0) is 44.2. The number of rotatable bonds is 47. The lowest BCUT2D eigenvalue weighted by Crippen LogP contribution is -2.45. The van der Waals surface area contributed by atoms with Crippen LogP contribution in [0, 0.1) is 0 Å². The fraction of sp³-hybridized carbons (Fsp3) is 0.737. The molecule has 2 unspecified atom stereocenters. The summed E-state index contributed by atoms with van der Waals surface area (Å²) in [5.41, 5.74) is 0. The molecular weight excluding hydrogens is 747 g/mol. The van der Waals surface area contributed by atoms with Crippen LogP contribution in [0.15, 0.2) is 85.1 Å². The van der Waals surface area contributed by atoms with Gasteiger partial charge in [0.05, 0.1) is 18.8 Å². The number of nitrogens with one attached hydrogen (secondary N) is 1. The van der Waals surface area contributed by atoms with Crippen molar-refractivity contribution in [2.24, 2.45) is 0 Å². The van der Waals surface area contributed by atoms with E-state index in [9.17, 15) is 15.0 Å². The van der Waals surface area contributed by atoms with Gasteiger partial charge in [-0.25, -0.2) is 0 Å². The van der Waals surface area contributed by atoms with Crippen LogP contribution in [0.4, 0.5) is 0 Å². The Morgan fingerprint density at radius 3 is 1.15 bits per heavy atom. The summed E-state index contributed by atoms with van der Waals surface area (Å²) >= 11 is 0. The summed E-state index contributed by atoms with van der Waals surface area (Å²) in [5, 5.41) is 23.1. The van der Waals surface area contributed by atoms with Gasteiger partial charge in [0.1, 0.15) is 0 Å². The molecular formula is C57H101NO3. The first-order valence-electron chi connectivity index (χ1n) is 26.3. The molecule has 0 aromatic rings. The predicted molar refractivity (Wildman–Crippen MR) is 271 cm³/mol. The van der Waals surface area contributed by atoms with Gasteiger partial charge in [-0.3, -0.25) is 4.79 Å². The van der Waals surface area contributed by atoms with Crippen LogP contribution in [0.2, 0.25) is 0 Å². The smallest absolute Gasteiger partial charge is 0.220 e. The van der Waals surface area contributed by atoms with Crippen molar-refractivity contribution in [3.05, 3.63) is 85.1 Å². The SMILES string of the molecule is CC/C=C\C/C=C\C/C=C\C/C=C\CCCCCCCCCCC(=O)NC(CO)C(O)/C=C/CC/C=C/CC/C=C/CCCCCCCCCCCCCCCCCCCC. The van der Waals surface area contributed by atoms with Gasteiger partial charge in [0, 0.05) is 6.42 Å². The molecule has 352 valence electrons. The minimum atomic E-state index is -0.880. The Labute approximate surface area is 380 Å².